The highest BCUT2D eigenvalue weighted by Gasteiger charge is 2.25. The van der Waals surface area contributed by atoms with Gasteiger partial charge in [0.25, 0.3) is 0 Å². The molecule has 3 rings (SSSR count). The van der Waals surface area contributed by atoms with E-state index in [0.29, 0.717) is 13.0 Å². The molecule has 0 saturated heterocycles. The molecule has 124 valence electrons. The third-order valence-electron chi connectivity index (χ3n) is 3.92. The van der Waals surface area contributed by atoms with Crippen molar-refractivity contribution < 1.29 is 8.42 Å². The first kappa shape index (κ1) is 16.1. The number of sulfonamides is 1. The fourth-order valence-electron chi connectivity index (χ4n) is 2.96. The average molecular weight is 335 g/mol. The predicted molar refractivity (Wildman–Crippen MR) is 87.1 cm³/mol. The summed E-state index contributed by atoms with van der Waals surface area (Å²) in [5.41, 5.74) is 2.33. The summed E-state index contributed by atoms with van der Waals surface area (Å²) in [5.74, 6) is 0. The Labute approximate surface area is 136 Å². The molecule has 7 nitrogen and oxygen atoms in total. The largest absolute Gasteiger partial charge is 0.291 e. The molecule has 8 heteroatoms. The van der Waals surface area contributed by atoms with E-state index >= 15 is 0 Å². The van der Waals surface area contributed by atoms with Gasteiger partial charge in [-0.2, -0.15) is 5.10 Å². The van der Waals surface area contributed by atoms with Crippen LogP contribution < -0.4 is 4.72 Å². The predicted octanol–water partition coefficient (Wildman–Crippen LogP) is 0.774. The normalized spacial score (nSPS) is 18.7. The van der Waals surface area contributed by atoms with Gasteiger partial charge in [0, 0.05) is 44.8 Å². The van der Waals surface area contributed by atoms with Crippen molar-refractivity contribution in [3.63, 3.8) is 0 Å². The van der Waals surface area contributed by atoms with Crippen LogP contribution in [-0.4, -0.2) is 47.4 Å². The second-order valence-corrected chi connectivity index (χ2v) is 7.74. The zero-order chi connectivity index (χ0) is 16.3. The summed E-state index contributed by atoms with van der Waals surface area (Å²) >= 11 is 0. The molecule has 0 fully saturated rings. The van der Waals surface area contributed by atoms with Crippen LogP contribution in [0.4, 0.5) is 0 Å². The zero-order valence-electron chi connectivity index (χ0n) is 13.1. The lowest BCUT2D eigenvalue weighted by atomic mass is 10.1. The molecular formula is C15H21N5O2S. The molecule has 1 N–H and O–H groups in total. The maximum absolute atomic E-state index is 11.2. The summed E-state index contributed by atoms with van der Waals surface area (Å²) in [4.78, 5) is 6.51. The summed E-state index contributed by atoms with van der Waals surface area (Å²) in [5, 5.41) is 4.40. The van der Waals surface area contributed by atoms with Crippen LogP contribution in [0.5, 0.6) is 0 Å². The SMILES string of the molecule is CS(=O)(=O)NCC[C@@H]1CN(Cc2cccnc2)Cc2ccnn21. The van der Waals surface area contributed by atoms with Gasteiger partial charge in [-0.05, 0) is 24.1 Å². The Hall–Kier alpha value is -1.77. The number of pyridine rings is 1. The van der Waals surface area contributed by atoms with Crippen molar-refractivity contribution in [2.24, 2.45) is 0 Å². The second kappa shape index (κ2) is 6.77. The van der Waals surface area contributed by atoms with E-state index in [1.807, 2.05) is 23.0 Å². The van der Waals surface area contributed by atoms with E-state index in [0.717, 1.165) is 25.3 Å². The molecule has 0 spiro atoms. The van der Waals surface area contributed by atoms with E-state index in [1.165, 1.54) is 11.8 Å². The molecule has 23 heavy (non-hydrogen) atoms. The highest BCUT2D eigenvalue weighted by molar-refractivity contribution is 7.88. The summed E-state index contributed by atoms with van der Waals surface area (Å²) in [6, 6.07) is 6.20. The van der Waals surface area contributed by atoms with Crippen molar-refractivity contribution in [3.05, 3.63) is 48.0 Å². The van der Waals surface area contributed by atoms with Gasteiger partial charge in [-0.1, -0.05) is 6.07 Å². The van der Waals surface area contributed by atoms with Crippen molar-refractivity contribution in [1.29, 1.82) is 0 Å². The van der Waals surface area contributed by atoms with Gasteiger partial charge in [0.05, 0.1) is 18.0 Å². The lowest BCUT2D eigenvalue weighted by Gasteiger charge is -2.34. The minimum absolute atomic E-state index is 0.166. The molecule has 0 saturated carbocycles. The van der Waals surface area contributed by atoms with E-state index in [1.54, 1.807) is 12.4 Å². The first-order chi connectivity index (χ1) is 11.0. The first-order valence-electron chi connectivity index (χ1n) is 7.59. The van der Waals surface area contributed by atoms with E-state index in [-0.39, 0.29) is 6.04 Å². The van der Waals surface area contributed by atoms with Crippen LogP contribution in [0.2, 0.25) is 0 Å². The summed E-state index contributed by atoms with van der Waals surface area (Å²) in [7, 11) is -3.15. The second-order valence-electron chi connectivity index (χ2n) is 5.91. The molecule has 0 aliphatic carbocycles. The summed E-state index contributed by atoms with van der Waals surface area (Å²) in [6.45, 7) is 2.93. The van der Waals surface area contributed by atoms with Crippen LogP contribution >= 0.6 is 0 Å². The monoisotopic (exact) mass is 335 g/mol. The van der Waals surface area contributed by atoms with Gasteiger partial charge in [-0.3, -0.25) is 14.6 Å². The Balaban J connectivity index is 1.67. The molecule has 0 amide bonds. The Morgan fingerprint density at radius 1 is 1.35 bits per heavy atom. The quantitative estimate of drug-likeness (QED) is 0.844. The third-order valence-corrected chi connectivity index (χ3v) is 4.65. The highest BCUT2D eigenvalue weighted by Crippen LogP contribution is 2.23. The van der Waals surface area contributed by atoms with Gasteiger partial charge in [0.1, 0.15) is 0 Å². The lowest BCUT2D eigenvalue weighted by Crippen LogP contribution is -2.38. The molecule has 0 bridgehead atoms. The average Bonchev–Trinajstić information content (AvgIpc) is 2.95. The standard InChI is InChI=1S/C15H21N5O2S/c1-23(21,22)18-8-5-15-12-19(10-13-3-2-6-16-9-13)11-14-4-7-17-20(14)15/h2-4,6-7,9,15,18H,5,8,10-12H2,1H3/t15-/m1/s1. The third kappa shape index (κ3) is 4.37. The minimum Gasteiger partial charge on any atom is -0.291 e. The summed E-state index contributed by atoms with van der Waals surface area (Å²) in [6.07, 6.45) is 7.35. The van der Waals surface area contributed by atoms with Crippen LogP contribution in [0.1, 0.15) is 23.7 Å². The number of hydrogen-bond acceptors (Lipinski definition) is 5. The van der Waals surface area contributed by atoms with Crippen LogP contribution in [0.15, 0.2) is 36.8 Å². The molecule has 0 aromatic carbocycles. The van der Waals surface area contributed by atoms with Gasteiger partial charge in [-0.25, -0.2) is 13.1 Å². The van der Waals surface area contributed by atoms with E-state index in [2.05, 4.69) is 25.8 Å². The molecule has 1 aliphatic rings. The molecule has 3 heterocycles. The van der Waals surface area contributed by atoms with Gasteiger partial charge < -0.3 is 0 Å². The zero-order valence-corrected chi connectivity index (χ0v) is 13.9. The molecular weight excluding hydrogens is 314 g/mol. The van der Waals surface area contributed by atoms with Crippen molar-refractivity contribution >= 4 is 10.0 Å². The van der Waals surface area contributed by atoms with Crippen LogP contribution in [0, 0.1) is 0 Å². The number of nitrogens with zero attached hydrogens (tertiary/aromatic N) is 4. The lowest BCUT2D eigenvalue weighted by molar-refractivity contribution is 0.162. The Bertz CT molecular complexity index is 744. The minimum atomic E-state index is -3.15. The van der Waals surface area contributed by atoms with Crippen molar-refractivity contribution in [1.82, 2.24) is 24.4 Å². The van der Waals surface area contributed by atoms with E-state index in [9.17, 15) is 8.42 Å². The molecule has 0 unspecified atom stereocenters. The van der Waals surface area contributed by atoms with E-state index < -0.39 is 10.0 Å². The number of hydrogen-bond donors (Lipinski definition) is 1. The Kier molecular flexibility index (Phi) is 4.74. The van der Waals surface area contributed by atoms with Crippen LogP contribution in [0.3, 0.4) is 0 Å². The number of rotatable bonds is 6. The van der Waals surface area contributed by atoms with Gasteiger partial charge in [0.15, 0.2) is 0 Å². The highest BCUT2D eigenvalue weighted by atomic mass is 32.2. The number of fused-ring (bicyclic) bond motifs is 1. The summed E-state index contributed by atoms with van der Waals surface area (Å²) < 4.78 is 27.0. The maximum atomic E-state index is 11.2. The van der Waals surface area contributed by atoms with Crippen LogP contribution in [-0.2, 0) is 23.1 Å². The van der Waals surface area contributed by atoms with Gasteiger partial charge in [-0.15, -0.1) is 0 Å². The molecule has 1 aliphatic heterocycles. The molecule has 2 aromatic heterocycles. The Morgan fingerprint density at radius 3 is 2.96 bits per heavy atom. The fraction of sp³-hybridized carbons (Fsp3) is 0.467. The number of nitrogens with one attached hydrogen (secondary N) is 1. The van der Waals surface area contributed by atoms with Gasteiger partial charge in [0.2, 0.25) is 10.0 Å². The first-order valence-corrected chi connectivity index (χ1v) is 9.49. The fourth-order valence-corrected chi connectivity index (χ4v) is 3.45. The maximum Gasteiger partial charge on any atom is 0.208 e. The molecule has 1 atom stereocenters. The Morgan fingerprint density at radius 2 is 2.22 bits per heavy atom. The van der Waals surface area contributed by atoms with Crippen molar-refractivity contribution in [2.45, 2.75) is 25.6 Å². The molecule has 0 radical (unpaired) electrons. The van der Waals surface area contributed by atoms with Crippen LogP contribution in [0.25, 0.3) is 0 Å². The van der Waals surface area contributed by atoms with Gasteiger partial charge >= 0.3 is 0 Å². The van der Waals surface area contributed by atoms with Crippen molar-refractivity contribution in [2.75, 3.05) is 19.3 Å². The molecule has 2 aromatic rings. The van der Waals surface area contributed by atoms with E-state index in [4.69, 9.17) is 0 Å². The van der Waals surface area contributed by atoms with Crippen molar-refractivity contribution in [3.8, 4) is 0 Å². The number of aromatic nitrogens is 3. The smallest absolute Gasteiger partial charge is 0.208 e. The topological polar surface area (TPSA) is 80.1 Å².